The number of sulfonamides is 1. The van der Waals surface area contributed by atoms with Crippen molar-refractivity contribution in [1.82, 2.24) is 14.1 Å². The first-order valence-electron chi connectivity index (χ1n) is 14.5. The van der Waals surface area contributed by atoms with E-state index in [0.717, 1.165) is 49.5 Å². The maximum Gasteiger partial charge on any atom is 0.416 e. The molecule has 0 aromatic heterocycles. The third-order valence-corrected chi connectivity index (χ3v) is 10.5. The number of piperidine rings is 2. The number of ether oxygens (including phenoxy) is 1. The smallest absolute Gasteiger partial charge is 0.416 e. The number of fused-ring (bicyclic) bond motifs is 1. The Morgan fingerprint density at radius 1 is 1.00 bits per heavy atom. The molecule has 0 N–H and O–H groups in total. The molecule has 0 saturated carbocycles. The van der Waals surface area contributed by atoms with E-state index in [2.05, 4.69) is 17.0 Å². The van der Waals surface area contributed by atoms with E-state index in [1.807, 2.05) is 6.07 Å². The molecule has 2 saturated heterocycles. The lowest BCUT2D eigenvalue weighted by molar-refractivity contribution is -0.137. The normalized spacial score (nSPS) is 22.5. The fourth-order valence-corrected chi connectivity index (χ4v) is 8.01. The van der Waals surface area contributed by atoms with Gasteiger partial charge in [0.15, 0.2) is 0 Å². The van der Waals surface area contributed by atoms with Gasteiger partial charge < -0.3 is 9.64 Å². The number of halogens is 3. The topological polar surface area (TPSA) is 70.2 Å². The molecule has 2 aromatic carbocycles. The van der Waals surface area contributed by atoms with E-state index < -0.39 is 32.7 Å². The van der Waals surface area contributed by atoms with Crippen LogP contribution in [0.5, 0.6) is 5.75 Å². The maximum absolute atomic E-state index is 13.6. The van der Waals surface area contributed by atoms with Gasteiger partial charge in [-0.05, 0) is 68.6 Å². The van der Waals surface area contributed by atoms with Crippen LogP contribution in [0.3, 0.4) is 0 Å². The number of alkyl halides is 3. The van der Waals surface area contributed by atoms with Crippen LogP contribution in [0.25, 0.3) is 0 Å². The van der Waals surface area contributed by atoms with Crippen LogP contribution in [0.1, 0.15) is 74.1 Å². The van der Waals surface area contributed by atoms with Crippen LogP contribution in [0.4, 0.5) is 13.2 Å². The van der Waals surface area contributed by atoms with Gasteiger partial charge in [0, 0.05) is 44.6 Å². The highest BCUT2D eigenvalue weighted by Crippen LogP contribution is 2.38. The van der Waals surface area contributed by atoms with Crippen molar-refractivity contribution >= 4 is 15.9 Å². The Bertz CT molecular complexity index is 1340. The summed E-state index contributed by atoms with van der Waals surface area (Å²) in [6, 6.07) is 9.19. The fourth-order valence-electron chi connectivity index (χ4n) is 6.27. The summed E-state index contributed by atoms with van der Waals surface area (Å²) >= 11 is 0. The Morgan fingerprint density at radius 2 is 1.76 bits per heavy atom. The number of carbonyl (C=O) groups excluding carboxylic acids is 1. The van der Waals surface area contributed by atoms with E-state index in [9.17, 15) is 26.4 Å². The second-order valence-corrected chi connectivity index (χ2v) is 13.3. The van der Waals surface area contributed by atoms with Crippen LogP contribution >= 0.6 is 0 Å². The summed E-state index contributed by atoms with van der Waals surface area (Å²) in [5, 5.41) is 0. The van der Waals surface area contributed by atoms with Crippen molar-refractivity contribution in [2.24, 2.45) is 0 Å². The zero-order valence-corrected chi connectivity index (χ0v) is 24.2. The third-order valence-electron chi connectivity index (χ3n) is 8.55. The molecule has 3 aliphatic heterocycles. The summed E-state index contributed by atoms with van der Waals surface area (Å²) < 4.78 is 74.0. The minimum absolute atomic E-state index is 0.0333. The van der Waals surface area contributed by atoms with E-state index in [1.54, 1.807) is 11.9 Å². The predicted molar refractivity (Wildman–Crippen MR) is 149 cm³/mol. The largest absolute Gasteiger partial charge is 0.493 e. The molecule has 7 nitrogen and oxygen atoms in total. The summed E-state index contributed by atoms with van der Waals surface area (Å²) in [5.74, 6) is 0.582. The van der Waals surface area contributed by atoms with Gasteiger partial charge in [-0.15, -0.1) is 0 Å². The molecule has 11 heteroatoms. The zero-order valence-electron chi connectivity index (χ0n) is 23.4. The van der Waals surface area contributed by atoms with E-state index in [-0.39, 0.29) is 24.9 Å². The van der Waals surface area contributed by atoms with Crippen molar-refractivity contribution in [2.75, 3.05) is 33.3 Å². The summed E-state index contributed by atoms with van der Waals surface area (Å²) in [5.41, 5.74) is 1.10. The number of benzene rings is 2. The van der Waals surface area contributed by atoms with Gasteiger partial charge in [0.1, 0.15) is 5.75 Å². The highest BCUT2D eigenvalue weighted by molar-refractivity contribution is 7.89. The molecule has 0 aliphatic carbocycles. The Kier molecular flexibility index (Phi) is 8.96. The van der Waals surface area contributed by atoms with Crippen LogP contribution in [-0.2, 0) is 27.5 Å². The standard InChI is InChI=1S/C30H38F3N3O4S/c1-34(27-13-17-40-28-18-22(11-12-26(27)28)21-35-14-4-2-5-15-35)29(37)20-24-9-3-6-16-36(24)41(38,39)25-10-7-8-23(19-25)30(31,32)33/h7-8,10-12,18-19,24,27H,2-6,9,13-17,20-21H2,1H3/t24-,27+/m0/s1. The Labute approximate surface area is 240 Å². The van der Waals surface area contributed by atoms with Crippen molar-refractivity contribution in [2.45, 2.75) is 81.1 Å². The van der Waals surface area contributed by atoms with E-state index in [4.69, 9.17) is 4.74 Å². The molecular formula is C30H38F3N3O4S. The molecule has 5 rings (SSSR count). The molecule has 3 aliphatic rings. The molecule has 2 fully saturated rings. The number of likely N-dealkylation sites (tertiary alicyclic amines) is 1. The van der Waals surface area contributed by atoms with Crippen molar-refractivity contribution in [3.63, 3.8) is 0 Å². The molecule has 2 aromatic rings. The average molecular weight is 594 g/mol. The number of rotatable bonds is 7. The zero-order chi connectivity index (χ0) is 29.2. The van der Waals surface area contributed by atoms with E-state index in [1.165, 1.54) is 35.2 Å². The lowest BCUT2D eigenvalue weighted by Crippen LogP contribution is -2.46. The Morgan fingerprint density at radius 3 is 2.51 bits per heavy atom. The maximum atomic E-state index is 13.6. The molecule has 224 valence electrons. The Hall–Kier alpha value is -2.63. The molecule has 0 unspecified atom stereocenters. The van der Waals surface area contributed by atoms with Crippen LogP contribution in [0, 0.1) is 0 Å². The van der Waals surface area contributed by atoms with Crippen LogP contribution in [0.2, 0.25) is 0 Å². The number of amides is 1. The second kappa shape index (κ2) is 12.3. The van der Waals surface area contributed by atoms with E-state index in [0.29, 0.717) is 31.9 Å². The monoisotopic (exact) mass is 593 g/mol. The molecule has 0 bridgehead atoms. The van der Waals surface area contributed by atoms with Gasteiger partial charge in [0.25, 0.3) is 0 Å². The predicted octanol–water partition coefficient (Wildman–Crippen LogP) is 5.61. The van der Waals surface area contributed by atoms with E-state index >= 15 is 0 Å². The lowest BCUT2D eigenvalue weighted by Gasteiger charge is -2.37. The number of hydrogen-bond acceptors (Lipinski definition) is 5. The van der Waals surface area contributed by atoms with Gasteiger partial charge in [0.2, 0.25) is 15.9 Å². The highest BCUT2D eigenvalue weighted by atomic mass is 32.2. The average Bonchev–Trinajstić information content (AvgIpc) is 2.96. The van der Waals surface area contributed by atoms with Crippen molar-refractivity contribution < 1.29 is 31.1 Å². The first-order valence-corrected chi connectivity index (χ1v) is 15.9. The van der Waals surface area contributed by atoms with Crippen molar-refractivity contribution in [1.29, 1.82) is 0 Å². The van der Waals surface area contributed by atoms with Crippen LogP contribution in [0.15, 0.2) is 47.4 Å². The third kappa shape index (κ3) is 6.73. The summed E-state index contributed by atoms with van der Waals surface area (Å²) in [6.45, 7) is 3.70. The van der Waals surface area contributed by atoms with Crippen molar-refractivity contribution in [3.05, 3.63) is 59.2 Å². The molecule has 2 atom stereocenters. The second-order valence-electron chi connectivity index (χ2n) is 11.4. The number of nitrogens with zero attached hydrogens (tertiary/aromatic N) is 3. The Balaban J connectivity index is 1.30. The number of hydrogen-bond donors (Lipinski definition) is 0. The summed E-state index contributed by atoms with van der Waals surface area (Å²) in [7, 11) is -2.48. The minimum atomic E-state index is -4.65. The molecule has 0 spiro atoms. The SMILES string of the molecule is CN(C(=O)C[C@@H]1CCCCN1S(=O)(=O)c1cccc(C(F)(F)F)c1)[C@@H]1CCOc2cc(CN3CCCCC3)ccc21. The summed E-state index contributed by atoms with van der Waals surface area (Å²) in [6.07, 6.45) is 1.46. The highest BCUT2D eigenvalue weighted by Gasteiger charge is 2.38. The fraction of sp³-hybridized carbons (Fsp3) is 0.567. The van der Waals surface area contributed by atoms with Crippen molar-refractivity contribution in [3.8, 4) is 5.75 Å². The first-order chi connectivity index (χ1) is 19.5. The summed E-state index contributed by atoms with van der Waals surface area (Å²) in [4.78, 5) is 17.3. The quantitative estimate of drug-likeness (QED) is 0.418. The molecule has 0 radical (unpaired) electrons. The number of carbonyl (C=O) groups is 1. The van der Waals surface area contributed by atoms with Crippen LogP contribution < -0.4 is 4.74 Å². The molecule has 3 heterocycles. The molecule has 1 amide bonds. The van der Waals surface area contributed by atoms with Crippen LogP contribution in [-0.4, -0.2) is 67.8 Å². The van der Waals surface area contributed by atoms with Gasteiger partial charge in [-0.25, -0.2) is 8.42 Å². The minimum Gasteiger partial charge on any atom is -0.493 e. The van der Waals surface area contributed by atoms with Gasteiger partial charge in [-0.2, -0.15) is 17.5 Å². The molecular weight excluding hydrogens is 555 g/mol. The first kappa shape index (κ1) is 29.8. The lowest BCUT2D eigenvalue weighted by atomic mass is 9.96. The van der Waals surface area contributed by atoms with Gasteiger partial charge >= 0.3 is 6.18 Å². The van der Waals surface area contributed by atoms with Gasteiger partial charge in [-0.3, -0.25) is 9.69 Å². The van der Waals surface area contributed by atoms with Gasteiger partial charge in [0.05, 0.1) is 23.1 Å². The van der Waals surface area contributed by atoms with Gasteiger partial charge in [-0.1, -0.05) is 31.0 Å². The molecule has 41 heavy (non-hydrogen) atoms.